The lowest BCUT2D eigenvalue weighted by atomic mass is 10.5. The molecule has 0 aliphatic carbocycles. The lowest BCUT2D eigenvalue weighted by Crippen LogP contribution is -2.16. The minimum absolute atomic E-state index is 0.606. The van der Waals surface area contributed by atoms with Gasteiger partial charge in [0.1, 0.15) is 5.76 Å². The third-order valence-corrected chi connectivity index (χ3v) is 3.56. The van der Waals surface area contributed by atoms with E-state index in [1.54, 1.807) is 6.26 Å². The first-order valence-electron chi connectivity index (χ1n) is 6.49. The summed E-state index contributed by atoms with van der Waals surface area (Å²) < 4.78 is 5.29. The SMILES string of the molecule is CCCNc1nc(Sc2ccoc2C)nc(N(C)C)n1. The van der Waals surface area contributed by atoms with Crippen LogP contribution in [0.5, 0.6) is 0 Å². The molecule has 0 aliphatic heterocycles. The summed E-state index contributed by atoms with van der Waals surface area (Å²) in [5, 5.41) is 3.86. The van der Waals surface area contributed by atoms with Crippen molar-refractivity contribution in [3.8, 4) is 0 Å². The molecule has 20 heavy (non-hydrogen) atoms. The van der Waals surface area contributed by atoms with Gasteiger partial charge in [-0.2, -0.15) is 15.0 Å². The monoisotopic (exact) mass is 293 g/mol. The first kappa shape index (κ1) is 14.6. The van der Waals surface area contributed by atoms with Crippen molar-refractivity contribution >= 4 is 23.7 Å². The smallest absolute Gasteiger partial charge is 0.230 e. The molecule has 0 saturated carbocycles. The van der Waals surface area contributed by atoms with E-state index in [0.717, 1.165) is 23.6 Å². The van der Waals surface area contributed by atoms with Crippen molar-refractivity contribution in [3.63, 3.8) is 0 Å². The van der Waals surface area contributed by atoms with Crippen LogP contribution in [0.3, 0.4) is 0 Å². The highest BCUT2D eigenvalue weighted by Crippen LogP contribution is 2.29. The number of nitrogens with one attached hydrogen (secondary N) is 1. The summed E-state index contributed by atoms with van der Waals surface area (Å²) in [6.07, 6.45) is 2.69. The molecule has 2 rings (SSSR count). The summed E-state index contributed by atoms with van der Waals surface area (Å²) in [6.45, 7) is 4.86. The van der Waals surface area contributed by atoms with Crippen molar-refractivity contribution < 1.29 is 4.42 Å². The zero-order valence-electron chi connectivity index (χ0n) is 12.2. The Bertz CT molecular complexity index is 570. The van der Waals surface area contributed by atoms with E-state index in [9.17, 15) is 0 Å². The molecule has 2 heterocycles. The van der Waals surface area contributed by atoms with Crippen molar-refractivity contribution in [1.29, 1.82) is 0 Å². The van der Waals surface area contributed by atoms with Gasteiger partial charge in [0.05, 0.1) is 11.2 Å². The largest absolute Gasteiger partial charge is 0.468 e. The number of furan rings is 1. The Kier molecular flexibility index (Phi) is 4.84. The van der Waals surface area contributed by atoms with Gasteiger partial charge in [-0.1, -0.05) is 6.92 Å². The standard InChI is InChI=1S/C13H19N5OS/c1-5-7-14-11-15-12(18(3)4)17-13(16-11)20-10-6-8-19-9(10)2/h6,8H,5,7H2,1-4H3,(H,14,15,16,17). The van der Waals surface area contributed by atoms with Crippen molar-refractivity contribution in [3.05, 3.63) is 18.1 Å². The van der Waals surface area contributed by atoms with Crippen LogP contribution in [0, 0.1) is 6.92 Å². The zero-order valence-corrected chi connectivity index (χ0v) is 13.0. The Morgan fingerprint density at radius 3 is 2.70 bits per heavy atom. The van der Waals surface area contributed by atoms with Crippen molar-refractivity contribution in [1.82, 2.24) is 15.0 Å². The van der Waals surface area contributed by atoms with Crippen LogP contribution in [0.25, 0.3) is 0 Å². The molecule has 0 saturated heterocycles. The van der Waals surface area contributed by atoms with Gasteiger partial charge in [0.25, 0.3) is 0 Å². The molecule has 2 aromatic heterocycles. The molecule has 1 N–H and O–H groups in total. The Labute approximate surface area is 123 Å². The Morgan fingerprint density at radius 2 is 2.10 bits per heavy atom. The Hall–Kier alpha value is -1.76. The maximum Gasteiger partial charge on any atom is 0.230 e. The van der Waals surface area contributed by atoms with E-state index in [-0.39, 0.29) is 0 Å². The van der Waals surface area contributed by atoms with Crippen LogP contribution in [-0.4, -0.2) is 35.6 Å². The van der Waals surface area contributed by atoms with Gasteiger partial charge in [0.2, 0.25) is 11.9 Å². The predicted octanol–water partition coefficient (Wildman–Crippen LogP) is 2.81. The molecule has 7 heteroatoms. The fraction of sp³-hybridized carbons (Fsp3) is 0.462. The molecule has 0 fully saturated rings. The summed E-state index contributed by atoms with van der Waals surface area (Å²) in [5.41, 5.74) is 0. The lowest BCUT2D eigenvalue weighted by Gasteiger charge is -2.12. The van der Waals surface area contributed by atoms with Crippen LogP contribution in [0.2, 0.25) is 0 Å². The third kappa shape index (κ3) is 3.63. The highest BCUT2D eigenvalue weighted by atomic mass is 32.2. The highest BCUT2D eigenvalue weighted by Gasteiger charge is 2.11. The van der Waals surface area contributed by atoms with E-state index in [1.165, 1.54) is 11.8 Å². The average Bonchev–Trinajstić information content (AvgIpc) is 2.81. The van der Waals surface area contributed by atoms with Gasteiger partial charge in [0.15, 0.2) is 5.16 Å². The molecule has 0 amide bonds. The van der Waals surface area contributed by atoms with Crippen LogP contribution in [0.4, 0.5) is 11.9 Å². The summed E-state index contributed by atoms with van der Waals surface area (Å²) in [7, 11) is 3.83. The minimum atomic E-state index is 0.606. The van der Waals surface area contributed by atoms with Gasteiger partial charge in [-0.15, -0.1) is 0 Å². The topological polar surface area (TPSA) is 67.1 Å². The van der Waals surface area contributed by atoms with Crippen molar-refractivity contribution in [2.45, 2.75) is 30.3 Å². The zero-order chi connectivity index (χ0) is 14.5. The van der Waals surface area contributed by atoms with Crippen LogP contribution >= 0.6 is 11.8 Å². The fourth-order valence-electron chi connectivity index (χ4n) is 1.48. The molecule has 0 aliphatic rings. The number of aromatic nitrogens is 3. The molecule has 0 bridgehead atoms. The van der Waals surface area contributed by atoms with Crippen LogP contribution in [-0.2, 0) is 0 Å². The number of anilines is 2. The second-order valence-electron chi connectivity index (χ2n) is 4.51. The van der Waals surface area contributed by atoms with E-state index in [0.29, 0.717) is 17.1 Å². The van der Waals surface area contributed by atoms with Crippen LogP contribution in [0.15, 0.2) is 26.8 Å². The summed E-state index contributed by atoms with van der Waals surface area (Å²) in [5.74, 6) is 2.11. The van der Waals surface area contributed by atoms with Crippen LogP contribution < -0.4 is 10.2 Å². The number of hydrogen-bond donors (Lipinski definition) is 1. The van der Waals surface area contributed by atoms with E-state index in [4.69, 9.17) is 4.42 Å². The Morgan fingerprint density at radius 1 is 1.30 bits per heavy atom. The maximum atomic E-state index is 5.29. The van der Waals surface area contributed by atoms with Gasteiger partial charge < -0.3 is 14.6 Å². The number of hydrogen-bond acceptors (Lipinski definition) is 7. The second kappa shape index (κ2) is 6.60. The molecule has 6 nitrogen and oxygen atoms in total. The maximum absolute atomic E-state index is 5.29. The molecule has 0 radical (unpaired) electrons. The summed E-state index contributed by atoms with van der Waals surface area (Å²) >= 11 is 1.48. The summed E-state index contributed by atoms with van der Waals surface area (Å²) in [6, 6.07) is 1.91. The molecule has 108 valence electrons. The van der Waals surface area contributed by atoms with Crippen molar-refractivity contribution in [2.24, 2.45) is 0 Å². The quantitative estimate of drug-likeness (QED) is 0.878. The van der Waals surface area contributed by atoms with Crippen LogP contribution in [0.1, 0.15) is 19.1 Å². The molecule has 0 aromatic carbocycles. The van der Waals surface area contributed by atoms with Crippen molar-refractivity contribution in [2.75, 3.05) is 30.9 Å². The normalized spacial score (nSPS) is 10.6. The summed E-state index contributed by atoms with van der Waals surface area (Å²) in [4.78, 5) is 16.1. The number of aryl methyl sites for hydroxylation is 1. The van der Waals surface area contributed by atoms with Gasteiger partial charge in [-0.3, -0.25) is 0 Å². The van der Waals surface area contributed by atoms with Gasteiger partial charge in [-0.25, -0.2) is 0 Å². The number of rotatable bonds is 6. The van der Waals surface area contributed by atoms with E-state index in [1.807, 2.05) is 32.0 Å². The molecular weight excluding hydrogens is 274 g/mol. The first-order valence-corrected chi connectivity index (χ1v) is 7.31. The van der Waals surface area contributed by atoms with Gasteiger partial charge in [-0.05, 0) is 31.2 Å². The van der Waals surface area contributed by atoms with E-state index in [2.05, 4.69) is 27.2 Å². The van der Waals surface area contributed by atoms with Gasteiger partial charge >= 0.3 is 0 Å². The van der Waals surface area contributed by atoms with E-state index < -0.39 is 0 Å². The molecule has 2 aromatic rings. The van der Waals surface area contributed by atoms with Gasteiger partial charge in [0, 0.05) is 20.6 Å². The number of nitrogens with zero attached hydrogens (tertiary/aromatic N) is 4. The first-order chi connectivity index (χ1) is 9.60. The molecule has 0 spiro atoms. The Balaban J connectivity index is 2.26. The lowest BCUT2D eigenvalue weighted by molar-refractivity contribution is 0.527. The van der Waals surface area contributed by atoms with E-state index >= 15 is 0 Å². The average molecular weight is 293 g/mol. The molecule has 0 unspecified atom stereocenters. The molecular formula is C13H19N5OS. The molecule has 0 atom stereocenters. The fourth-order valence-corrected chi connectivity index (χ4v) is 2.26. The highest BCUT2D eigenvalue weighted by molar-refractivity contribution is 7.99. The second-order valence-corrected chi connectivity index (χ2v) is 5.51. The minimum Gasteiger partial charge on any atom is -0.468 e. The predicted molar refractivity (Wildman–Crippen MR) is 80.5 cm³/mol. The third-order valence-electron chi connectivity index (χ3n) is 2.55.